The number of rotatable bonds is 4. The number of halogens is 6. The maximum absolute atomic E-state index is 12.8. The Morgan fingerprint density at radius 3 is 2.28 bits per heavy atom. The monoisotopic (exact) mass is 385 g/mol. The van der Waals surface area contributed by atoms with Crippen molar-refractivity contribution in [2.24, 2.45) is 0 Å². The van der Waals surface area contributed by atoms with Crippen LogP contribution >= 0.6 is 11.3 Å². The van der Waals surface area contributed by atoms with E-state index in [0.717, 1.165) is 12.1 Å². The minimum atomic E-state index is -4.84. The summed E-state index contributed by atoms with van der Waals surface area (Å²) in [5.74, 6) is -1.51. The number of amides is 1. The lowest BCUT2D eigenvalue weighted by molar-refractivity contribution is -0.274. The summed E-state index contributed by atoms with van der Waals surface area (Å²) in [4.78, 5) is 14.3. The average Bonchev–Trinajstić information content (AvgIpc) is 2.87. The minimum absolute atomic E-state index is 0.208. The van der Waals surface area contributed by atoms with Crippen molar-refractivity contribution in [2.45, 2.75) is 19.1 Å². The number of hydrogen-bond donors (Lipinski definition) is 2. The third kappa shape index (κ3) is 5.24. The number of aromatic nitrogens is 1. The zero-order valence-electron chi connectivity index (χ0n) is 12.0. The standard InChI is InChI=1S/C13H9F6N3O2S/c14-12(15,16)9-8(25-11(20)22-9)10(23)21-5-6-1-3-7(4-2-6)24-13(17,18)19/h1-4H,5H2,(H2,20,22)(H,21,23). The van der Waals surface area contributed by atoms with Crippen LogP contribution in [0, 0.1) is 0 Å². The summed E-state index contributed by atoms with van der Waals surface area (Å²) in [7, 11) is 0. The zero-order valence-corrected chi connectivity index (χ0v) is 12.9. The molecule has 2 aromatic rings. The van der Waals surface area contributed by atoms with Crippen LogP contribution in [0.4, 0.5) is 31.5 Å². The summed E-state index contributed by atoms with van der Waals surface area (Å²) in [6, 6.07) is 4.49. The van der Waals surface area contributed by atoms with Crippen LogP contribution in [0.3, 0.4) is 0 Å². The molecule has 5 nitrogen and oxygen atoms in total. The second-order valence-electron chi connectivity index (χ2n) is 4.60. The van der Waals surface area contributed by atoms with Crippen molar-refractivity contribution < 1.29 is 35.9 Å². The van der Waals surface area contributed by atoms with Gasteiger partial charge < -0.3 is 15.8 Å². The van der Waals surface area contributed by atoms with Crippen molar-refractivity contribution >= 4 is 22.4 Å². The Labute approximate surface area is 140 Å². The first-order chi connectivity index (χ1) is 11.5. The molecule has 0 spiro atoms. The molecule has 1 aromatic heterocycles. The predicted molar refractivity (Wildman–Crippen MR) is 75.8 cm³/mol. The predicted octanol–water partition coefficient (Wildman–Crippen LogP) is 3.57. The van der Waals surface area contributed by atoms with Crippen molar-refractivity contribution in [3.63, 3.8) is 0 Å². The highest BCUT2D eigenvalue weighted by Gasteiger charge is 2.39. The van der Waals surface area contributed by atoms with Crippen LogP contribution in [0.2, 0.25) is 0 Å². The summed E-state index contributed by atoms with van der Waals surface area (Å²) in [6.45, 7) is -0.208. The van der Waals surface area contributed by atoms with E-state index in [9.17, 15) is 31.1 Å². The molecule has 3 N–H and O–H groups in total. The number of benzene rings is 1. The number of nitrogens with one attached hydrogen (secondary N) is 1. The van der Waals surface area contributed by atoms with Gasteiger partial charge in [-0.05, 0) is 17.7 Å². The molecule has 1 amide bonds. The molecular formula is C13H9F6N3O2S. The van der Waals surface area contributed by atoms with Crippen LogP contribution in [0.15, 0.2) is 24.3 Å². The van der Waals surface area contributed by atoms with Gasteiger partial charge in [-0.15, -0.1) is 13.2 Å². The van der Waals surface area contributed by atoms with Crippen LogP contribution in [0.1, 0.15) is 20.9 Å². The molecule has 136 valence electrons. The molecule has 1 heterocycles. The van der Waals surface area contributed by atoms with Gasteiger partial charge in [0.2, 0.25) is 0 Å². The smallest absolute Gasteiger partial charge is 0.406 e. The summed E-state index contributed by atoms with van der Waals surface area (Å²) in [5, 5.41) is 1.81. The lowest BCUT2D eigenvalue weighted by Gasteiger charge is -2.10. The first-order valence-electron chi connectivity index (χ1n) is 6.42. The van der Waals surface area contributed by atoms with Gasteiger partial charge in [-0.25, -0.2) is 4.98 Å². The fourth-order valence-corrected chi connectivity index (χ4v) is 2.52. The largest absolute Gasteiger partial charge is 0.573 e. The average molecular weight is 385 g/mol. The van der Waals surface area contributed by atoms with E-state index in [1.807, 2.05) is 0 Å². The first kappa shape index (κ1) is 18.8. The fourth-order valence-electron chi connectivity index (χ4n) is 1.75. The highest BCUT2D eigenvalue weighted by Crippen LogP contribution is 2.35. The second kappa shape index (κ2) is 6.78. The molecule has 0 atom stereocenters. The van der Waals surface area contributed by atoms with E-state index in [1.165, 1.54) is 12.1 Å². The Kier molecular flexibility index (Phi) is 5.11. The normalized spacial score (nSPS) is 12.1. The SMILES string of the molecule is Nc1nc(C(F)(F)F)c(C(=O)NCc2ccc(OC(F)(F)F)cc2)s1. The summed E-state index contributed by atoms with van der Waals surface area (Å²) in [5.41, 5.74) is 4.18. The summed E-state index contributed by atoms with van der Waals surface area (Å²) < 4.78 is 78.1. The van der Waals surface area contributed by atoms with E-state index < -0.39 is 39.9 Å². The molecule has 0 saturated heterocycles. The molecule has 0 radical (unpaired) electrons. The Morgan fingerprint density at radius 2 is 1.76 bits per heavy atom. The van der Waals surface area contributed by atoms with E-state index in [2.05, 4.69) is 15.0 Å². The van der Waals surface area contributed by atoms with Crippen molar-refractivity contribution in [3.8, 4) is 5.75 Å². The maximum Gasteiger partial charge on any atom is 0.573 e. The summed E-state index contributed by atoms with van der Waals surface area (Å²) >= 11 is 0.383. The maximum atomic E-state index is 12.8. The Hall–Kier alpha value is -2.50. The topological polar surface area (TPSA) is 77.2 Å². The molecule has 2 rings (SSSR count). The summed E-state index contributed by atoms with van der Waals surface area (Å²) in [6.07, 6.45) is -9.67. The van der Waals surface area contributed by atoms with Gasteiger partial charge in [0.25, 0.3) is 5.91 Å². The van der Waals surface area contributed by atoms with Crippen LogP contribution in [0.5, 0.6) is 5.75 Å². The number of nitrogens with zero attached hydrogens (tertiary/aromatic N) is 1. The molecule has 0 aliphatic heterocycles. The van der Waals surface area contributed by atoms with Crippen LogP contribution < -0.4 is 15.8 Å². The van der Waals surface area contributed by atoms with E-state index >= 15 is 0 Å². The Morgan fingerprint density at radius 1 is 1.16 bits per heavy atom. The van der Waals surface area contributed by atoms with Gasteiger partial charge in [0.15, 0.2) is 10.8 Å². The lowest BCUT2D eigenvalue weighted by atomic mass is 10.2. The van der Waals surface area contributed by atoms with Crippen LogP contribution in [-0.2, 0) is 12.7 Å². The number of ether oxygens (including phenoxy) is 1. The van der Waals surface area contributed by atoms with E-state index in [1.54, 1.807) is 0 Å². The molecule has 12 heteroatoms. The highest BCUT2D eigenvalue weighted by molar-refractivity contribution is 7.17. The number of nitrogen functional groups attached to an aromatic ring is 1. The first-order valence-corrected chi connectivity index (χ1v) is 7.24. The minimum Gasteiger partial charge on any atom is -0.406 e. The Balaban J connectivity index is 2.03. The molecule has 0 aliphatic rings. The Bertz CT molecular complexity index is 755. The molecule has 0 saturated carbocycles. The number of thiazole rings is 1. The molecule has 0 unspecified atom stereocenters. The lowest BCUT2D eigenvalue weighted by Crippen LogP contribution is -2.24. The third-order valence-corrected chi connectivity index (χ3v) is 3.61. The fraction of sp³-hybridized carbons (Fsp3) is 0.231. The van der Waals surface area contributed by atoms with Crippen molar-refractivity contribution in [1.29, 1.82) is 0 Å². The van der Waals surface area contributed by atoms with Gasteiger partial charge in [-0.2, -0.15) is 13.2 Å². The van der Waals surface area contributed by atoms with Crippen molar-refractivity contribution in [1.82, 2.24) is 10.3 Å². The third-order valence-electron chi connectivity index (χ3n) is 2.73. The quantitative estimate of drug-likeness (QED) is 0.789. The van der Waals surface area contributed by atoms with Gasteiger partial charge in [0, 0.05) is 6.54 Å². The molecule has 0 bridgehead atoms. The van der Waals surface area contributed by atoms with Gasteiger partial charge in [0.1, 0.15) is 10.6 Å². The van der Waals surface area contributed by atoms with Gasteiger partial charge in [0.05, 0.1) is 0 Å². The van der Waals surface area contributed by atoms with Gasteiger partial charge in [-0.3, -0.25) is 4.79 Å². The molecule has 0 fully saturated rings. The number of hydrogen-bond acceptors (Lipinski definition) is 5. The van der Waals surface area contributed by atoms with E-state index in [-0.39, 0.29) is 6.54 Å². The molecule has 0 aliphatic carbocycles. The number of anilines is 1. The molecular weight excluding hydrogens is 376 g/mol. The zero-order chi connectivity index (χ0) is 18.8. The van der Waals surface area contributed by atoms with E-state index in [0.29, 0.717) is 16.9 Å². The van der Waals surface area contributed by atoms with Crippen molar-refractivity contribution in [2.75, 3.05) is 5.73 Å². The number of carbonyl (C=O) groups excluding carboxylic acids is 1. The van der Waals surface area contributed by atoms with Gasteiger partial charge >= 0.3 is 12.5 Å². The molecule has 1 aromatic carbocycles. The van der Waals surface area contributed by atoms with Crippen LogP contribution in [-0.4, -0.2) is 17.3 Å². The van der Waals surface area contributed by atoms with Crippen molar-refractivity contribution in [3.05, 3.63) is 40.4 Å². The van der Waals surface area contributed by atoms with Gasteiger partial charge in [-0.1, -0.05) is 23.5 Å². The molecule has 25 heavy (non-hydrogen) atoms. The number of nitrogens with two attached hydrogens (primary N) is 1. The number of carbonyl (C=O) groups is 1. The van der Waals surface area contributed by atoms with Crippen LogP contribution in [0.25, 0.3) is 0 Å². The second-order valence-corrected chi connectivity index (χ2v) is 5.63. The van der Waals surface area contributed by atoms with E-state index in [4.69, 9.17) is 5.73 Å². The number of alkyl halides is 6. The highest BCUT2D eigenvalue weighted by atomic mass is 32.1.